The molecule has 0 aliphatic carbocycles. The highest BCUT2D eigenvalue weighted by Gasteiger charge is 2.07. The second kappa shape index (κ2) is 6.97. The van der Waals surface area contributed by atoms with Crippen molar-refractivity contribution < 1.29 is 0 Å². The van der Waals surface area contributed by atoms with Crippen LogP contribution in [0.25, 0.3) is 10.8 Å². The van der Waals surface area contributed by atoms with Gasteiger partial charge in [0, 0.05) is 11.9 Å². The molecule has 0 aliphatic rings. The minimum Gasteiger partial charge on any atom is -0.285 e. The van der Waals surface area contributed by atoms with Crippen molar-refractivity contribution in [2.75, 3.05) is 4.90 Å². The fraction of sp³-hybridized carbons (Fsp3) is 0. The molecule has 0 bridgehead atoms. The Morgan fingerprint density at radius 3 is 2.28 bits per heavy atom. The molecule has 0 amide bonds. The zero-order chi connectivity index (χ0) is 16.9. The van der Waals surface area contributed by atoms with Gasteiger partial charge in [-0.25, -0.2) is 9.98 Å². The smallest absolute Gasteiger partial charge is 0.138 e. The summed E-state index contributed by atoms with van der Waals surface area (Å²) < 4.78 is 0. The Morgan fingerprint density at radius 1 is 0.720 bits per heavy atom. The SMILES string of the molecule is C(=Nc1ccc2ccccc2c1)N(c1ccccc1)c1ccccn1. The largest absolute Gasteiger partial charge is 0.285 e. The molecule has 1 heterocycles. The van der Waals surface area contributed by atoms with Gasteiger partial charge in [0.15, 0.2) is 0 Å². The van der Waals surface area contributed by atoms with Crippen molar-refractivity contribution in [3.63, 3.8) is 0 Å². The van der Waals surface area contributed by atoms with Crippen LogP contribution in [0.3, 0.4) is 0 Å². The van der Waals surface area contributed by atoms with E-state index in [-0.39, 0.29) is 0 Å². The van der Waals surface area contributed by atoms with E-state index in [1.165, 1.54) is 10.8 Å². The minimum atomic E-state index is 0.832. The average molecular weight is 323 g/mol. The van der Waals surface area contributed by atoms with Crippen molar-refractivity contribution in [3.8, 4) is 0 Å². The number of nitrogens with zero attached hydrogens (tertiary/aromatic N) is 3. The summed E-state index contributed by atoms with van der Waals surface area (Å²) >= 11 is 0. The van der Waals surface area contributed by atoms with E-state index >= 15 is 0 Å². The molecule has 0 aliphatic heterocycles. The van der Waals surface area contributed by atoms with Crippen LogP contribution in [0.1, 0.15) is 0 Å². The Labute approximate surface area is 146 Å². The first-order chi connectivity index (χ1) is 12.4. The first kappa shape index (κ1) is 15.1. The van der Waals surface area contributed by atoms with Gasteiger partial charge in [-0.15, -0.1) is 0 Å². The summed E-state index contributed by atoms with van der Waals surface area (Å²) in [6, 6.07) is 30.5. The predicted molar refractivity (Wildman–Crippen MR) is 105 cm³/mol. The Hall–Kier alpha value is -3.46. The summed E-state index contributed by atoms with van der Waals surface area (Å²) in [6.07, 6.45) is 3.61. The van der Waals surface area contributed by atoms with Crippen LogP contribution in [-0.2, 0) is 0 Å². The summed E-state index contributed by atoms with van der Waals surface area (Å²) in [7, 11) is 0. The first-order valence-corrected chi connectivity index (χ1v) is 8.18. The standard InChI is InChI=1S/C22H17N3/c1-2-10-21(11-3-1)25(22-12-6-7-15-23-22)17-24-20-14-13-18-8-4-5-9-19(18)16-20/h1-17H. The molecule has 1 aromatic heterocycles. The van der Waals surface area contributed by atoms with Crippen LogP contribution in [0.4, 0.5) is 17.2 Å². The predicted octanol–water partition coefficient (Wildman–Crippen LogP) is 5.73. The van der Waals surface area contributed by atoms with Crippen LogP contribution in [-0.4, -0.2) is 11.3 Å². The first-order valence-electron chi connectivity index (χ1n) is 8.18. The molecule has 4 rings (SSSR count). The quantitative estimate of drug-likeness (QED) is 0.354. The van der Waals surface area contributed by atoms with Gasteiger partial charge in [-0.3, -0.25) is 4.90 Å². The van der Waals surface area contributed by atoms with Crippen LogP contribution >= 0.6 is 0 Å². The maximum atomic E-state index is 4.67. The lowest BCUT2D eigenvalue weighted by molar-refractivity contribution is 1.22. The molecule has 0 unspecified atom stereocenters. The van der Waals surface area contributed by atoms with Crippen LogP contribution in [0.15, 0.2) is 102 Å². The Balaban J connectivity index is 1.71. The molecule has 0 radical (unpaired) electrons. The number of para-hydroxylation sites is 1. The molecule has 0 fully saturated rings. The molecule has 25 heavy (non-hydrogen) atoms. The second-order valence-corrected chi connectivity index (χ2v) is 5.67. The van der Waals surface area contributed by atoms with Crippen molar-refractivity contribution in [1.29, 1.82) is 0 Å². The number of hydrogen-bond acceptors (Lipinski definition) is 2. The lowest BCUT2D eigenvalue weighted by Gasteiger charge is -2.18. The topological polar surface area (TPSA) is 28.5 Å². The molecule has 3 heteroatoms. The van der Waals surface area contributed by atoms with Gasteiger partial charge in [-0.2, -0.15) is 0 Å². The number of anilines is 2. The molecule has 0 saturated heterocycles. The normalized spacial score (nSPS) is 11.0. The highest BCUT2D eigenvalue weighted by molar-refractivity contribution is 5.90. The summed E-state index contributed by atoms with van der Waals surface area (Å²) in [4.78, 5) is 11.1. The number of pyridine rings is 1. The lowest BCUT2D eigenvalue weighted by Crippen LogP contribution is -2.15. The molecule has 0 saturated carbocycles. The van der Waals surface area contributed by atoms with Crippen LogP contribution in [0.2, 0.25) is 0 Å². The van der Waals surface area contributed by atoms with Gasteiger partial charge >= 0.3 is 0 Å². The molecular weight excluding hydrogens is 306 g/mol. The van der Waals surface area contributed by atoms with E-state index in [1.807, 2.05) is 78.0 Å². The van der Waals surface area contributed by atoms with Crippen molar-refractivity contribution in [1.82, 2.24) is 4.98 Å². The lowest BCUT2D eigenvalue weighted by atomic mass is 10.1. The molecule has 4 aromatic rings. The van der Waals surface area contributed by atoms with Crippen LogP contribution in [0.5, 0.6) is 0 Å². The molecular formula is C22H17N3. The Bertz CT molecular complexity index is 956. The summed E-state index contributed by atoms with van der Waals surface area (Å²) in [5, 5.41) is 2.40. The maximum Gasteiger partial charge on any atom is 0.138 e. The van der Waals surface area contributed by atoms with Gasteiger partial charge in [-0.05, 0) is 47.2 Å². The van der Waals surface area contributed by atoms with E-state index < -0.39 is 0 Å². The Morgan fingerprint density at radius 2 is 1.48 bits per heavy atom. The van der Waals surface area contributed by atoms with E-state index in [0.717, 1.165) is 17.2 Å². The third-order valence-corrected chi connectivity index (χ3v) is 3.99. The number of hydrogen-bond donors (Lipinski definition) is 0. The van der Waals surface area contributed by atoms with E-state index in [1.54, 1.807) is 6.20 Å². The van der Waals surface area contributed by atoms with E-state index in [9.17, 15) is 0 Å². The van der Waals surface area contributed by atoms with Gasteiger partial charge in [0.1, 0.15) is 12.2 Å². The number of rotatable bonds is 4. The molecule has 0 N–H and O–H groups in total. The van der Waals surface area contributed by atoms with E-state index in [2.05, 4.69) is 34.2 Å². The highest BCUT2D eigenvalue weighted by atomic mass is 15.2. The van der Waals surface area contributed by atoms with Crippen molar-refractivity contribution >= 4 is 34.3 Å². The van der Waals surface area contributed by atoms with Crippen LogP contribution in [0, 0.1) is 0 Å². The molecule has 0 spiro atoms. The molecule has 3 nitrogen and oxygen atoms in total. The van der Waals surface area contributed by atoms with Crippen molar-refractivity contribution in [3.05, 3.63) is 97.2 Å². The van der Waals surface area contributed by atoms with E-state index in [4.69, 9.17) is 0 Å². The van der Waals surface area contributed by atoms with Gasteiger partial charge in [-0.1, -0.05) is 54.6 Å². The maximum absolute atomic E-state index is 4.67. The second-order valence-electron chi connectivity index (χ2n) is 5.67. The van der Waals surface area contributed by atoms with Gasteiger partial charge in [0.2, 0.25) is 0 Å². The number of fused-ring (bicyclic) bond motifs is 1. The fourth-order valence-electron chi connectivity index (χ4n) is 2.72. The van der Waals surface area contributed by atoms with Crippen molar-refractivity contribution in [2.45, 2.75) is 0 Å². The minimum absolute atomic E-state index is 0.832. The summed E-state index contributed by atoms with van der Waals surface area (Å²) in [5.74, 6) is 0.832. The van der Waals surface area contributed by atoms with Gasteiger partial charge in [0.25, 0.3) is 0 Å². The summed E-state index contributed by atoms with van der Waals surface area (Å²) in [5.41, 5.74) is 1.93. The van der Waals surface area contributed by atoms with Crippen LogP contribution < -0.4 is 4.90 Å². The number of benzene rings is 3. The van der Waals surface area contributed by atoms with Gasteiger partial charge in [0.05, 0.1) is 5.69 Å². The average Bonchev–Trinajstić information content (AvgIpc) is 2.70. The van der Waals surface area contributed by atoms with E-state index in [0.29, 0.717) is 0 Å². The third kappa shape index (κ3) is 3.40. The number of aromatic nitrogens is 1. The molecule has 0 atom stereocenters. The Kier molecular flexibility index (Phi) is 4.21. The van der Waals surface area contributed by atoms with Crippen molar-refractivity contribution in [2.24, 2.45) is 4.99 Å². The number of aliphatic imine (C=N–C) groups is 1. The molecule has 120 valence electrons. The summed E-state index contributed by atoms with van der Waals surface area (Å²) in [6.45, 7) is 0. The third-order valence-electron chi connectivity index (χ3n) is 3.99. The molecule has 3 aromatic carbocycles. The monoisotopic (exact) mass is 323 g/mol. The highest BCUT2D eigenvalue weighted by Crippen LogP contribution is 2.24. The fourth-order valence-corrected chi connectivity index (χ4v) is 2.72. The zero-order valence-electron chi connectivity index (χ0n) is 13.7. The zero-order valence-corrected chi connectivity index (χ0v) is 13.7. The van der Waals surface area contributed by atoms with Gasteiger partial charge < -0.3 is 0 Å².